The molecule has 1 unspecified atom stereocenters. The van der Waals surface area contributed by atoms with Gasteiger partial charge in [0.05, 0.1) is 6.54 Å². The van der Waals surface area contributed by atoms with Crippen molar-refractivity contribution in [1.29, 1.82) is 0 Å². The summed E-state index contributed by atoms with van der Waals surface area (Å²) in [6.45, 7) is 3.63. The van der Waals surface area contributed by atoms with E-state index < -0.39 is 0 Å². The van der Waals surface area contributed by atoms with E-state index in [0.717, 1.165) is 24.7 Å². The lowest BCUT2D eigenvalue weighted by Gasteiger charge is -2.17. The van der Waals surface area contributed by atoms with Gasteiger partial charge in [-0.15, -0.1) is 12.4 Å². The number of hydrogen-bond donors (Lipinski definition) is 2. The van der Waals surface area contributed by atoms with Gasteiger partial charge in [0.15, 0.2) is 5.96 Å². The Morgan fingerprint density at radius 2 is 1.63 bits per heavy atom. The fourth-order valence-corrected chi connectivity index (χ4v) is 3.42. The van der Waals surface area contributed by atoms with Crippen LogP contribution in [0.4, 0.5) is 5.69 Å². The van der Waals surface area contributed by atoms with E-state index in [0.29, 0.717) is 0 Å². The molecule has 1 aliphatic rings. The van der Waals surface area contributed by atoms with Gasteiger partial charge in [-0.1, -0.05) is 72.8 Å². The molecule has 1 heterocycles. The minimum absolute atomic E-state index is 0. The van der Waals surface area contributed by atoms with E-state index in [-0.39, 0.29) is 18.3 Å². The average molecular weight is 378 g/mol. The van der Waals surface area contributed by atoms with E-state index >= 15 is 0 Å². The van der Waals surface area contributed by atoms with Crippen molar-refractivity contribution in [2.75, 3.05) is 11.9 Å². The Bertz CT molecular complexity index is 922. The zero-order valence-electron chi connectivity index (χ0n) is 15.4. The SMILES string of the molecule is Cc1ccccc1CNC1=NCC(c2ccccc2)c2ccccc2N1.Cl. The number of nitrogens with zero attached hydrogens (tertiary/aromatic N) is 1. The van der Waals surface area contributed by atoms with Crippen molar-refractivity contribution in [3.05, 3.63) is 101 Å². The van der Waals surface area contributed by atoms with Crippen molar-refractivity contribution in [2.24, 2.45) is 4.99 Å². The normalized spacial score (nSPS) is 15.4. The van der Waals surface area contributed by atoms with E-state index in [2.05, 4.69) is 96.4 Å². The molecule has 0 amide bonds. The van der Waals surface area contributed by atoms with Crippen molar-refractivity contribution < 1.29 is 0 Å². The Kier molecular flexibility index (Phi) is 6.15. The first-order chi connectivity index (χ1) is 12.8. The third-order valence-electron chi connectivity index (χ3n) is 4.93. The largest absolute Gasteiger partial charge is 0.352 e. The van der Waals surface area contributed by atoms with Gasteiger partial charge in [-0.05, 0) is 35.2 Å². The van der Waals surface area contributed by atoms with Gasteiger partial charge in [0.2, 0.25) is 0 Å². The molecule has 3 aromatic rings. The number of halogens is 1. The molecular formula is C23H24ClN3. The lowest BCUT2D eigenvalue weighted by atomic mass is 9.90. The molecule has 138 valence electrons. The highest BCUT2D eigenvalue weighted by molar-refractivity contribution is 5.95. The van der Waals surface area contributed by atoms with Crippen LogP contribution in [0.5, 0.6) is 0 Å². The van der Waals surface area contributed by atoms with Crippen LogP contribution in [0.2, 0.25) is 0 Å². The number of aryl methyl sites for hydroxylation is 1. The van der Waals surface area contributed by atoms with E-state index in [1.54, 1.807) is 0 Å². The number of rotatable bonds is 3. The molecule has 27 heavy (non-hydrogen) atoms. The summed E-state index contributed by atoms with van der Waals surface area (Å²) in [6, 6.07) is 27.5. The maximum absolute atomic E-state index is 4.83. The smallest absolute Gasteiger partial charge is 0.196 e. The molecule has 0 spiro atoms. The topological polar surface area (TPSA) is 36.4 Å². The van der Waals surface area contributed by atoms with Gasteiger partial charge in [-0.3, -0.25) is 4.99 Å². The molecule has 1 aliphatic heterocycles. The minimum Gasteiger partial charge on any atom is -0.352 e. The lowest BCUT2D eigenvalue weighted by molar-refractivity contribution is 0.817. The molecule has 4 heteroatoms. The van der Waals surface area contributed by atoms with Crippen LogP contribution in [0.15, 0.2) is 83.9 Å². The standard InChI is InChI=1S/C23H23N3.ClH/c1-17-9-5-6-12-19(17)15-24-23-25-16-21(18-10-3-2-4-11-18)20-13-7-8-14-22(20)26-23;/h2-14,21H,15-16H2,1H3,(H2,24,25,26);1H. The Balaban J connectivity index is 0.00000210. The summed E-state index contributed by atoms with van der Waals surface area (Å²) in [5, 5.41) is 6.96. The number of hydrogen-bond acceptors (Lipinski definition) is 3. The molecule has 4 rings (SSSR count). The molecule has 2 N–H and O–H groups in total. The number of fused-ring (bicyclic) bond motifs is 1. The summed E-state index contributed by atoms with van der Waals surface area (Å²) in [5.41, 5.74) is 6.28. The van der Waals surface area contributed by atoms with Crippen LogP contribution in [0.1, 0.15) is 28.2 Å². The van der Waals surface area contributed by atoms with Gasteiger partial charge in [-0.25, -0.2) is 0 Å². The average Bonchev–Trinajstić information content (AvgIpc) is 2.87. The van der Waals surface area contributed by atoms with E-state index in [1.165, 1.54) is 22.3 Å². The van der Waals surface area contributed by atoms with E-state index in [9.17, 15) is 0 Å². The lowest BCUT2D eigenvalue weighted by Crippen LogP contribution is -2.30. The molecule has 1 atom stereocenters. The molecule has 0 radical (unpaired) electrons. The number of benzene rings is 3. The molecule has 0 bridgehead atoms. The van der Waals surface area contributed by atoms with Crippen LogP contribution >= 0.6 is 12.4 Å². The van der Waals surface area contributed by atoms with Gasteiger partial charge in [0, 0.05) is 18.2 Å². The van der Waals surface area contributed by atoms with E-state index in [1.807, 2.05) is 0 Å². The van der Waals surface area contributed by atoms with Crippen molar-refractivity contribution in [3.63, 3.8) is 0 Å². The van der Waals surface area contributed by atoms with Crippen LogP contribution < -0.4 is 10.6 Å². The second kappa shape index (κ2) is 8.74. The molecular weight excluding hydrogens is 354 g/mol. The maximum Gasteiger partial charge on any atom is 0.196 e. The Morgan fingerprint density at radius 3 is 2.44 bits per heavy atom. The molecule has 0 aromatic heterocycles. The zero-order chi connectivity index (χ0) is 17.8. The van der Waals surface area contributed by atoms with Crippen LogP contribution in [-0.4, -0.2) is 12.5 Å². The number of para-hydroxylation sites is 1. The molecule has 3 aromatic carbocycles. The Morgan fingerprint density at radius 1 is 0.926 bits per heavy atom. The maximum atomic E-state index is 4.83. The van der Waals surface area contributed by atoms with Crippen LogP contribution in [0, 0.1) is 6.92 Å². The van der Waals surface area contributed by atoms with Gasteiger partial charge >= 0.3 is 0 Å². The third-order valence-corrected chi connectivity index (χ3v) is 4.93. The van der Waals surface area contributed by atoms with Crippen molar-refractivity contribution in [2.45, 2.75) is 19.4 Å². The number of guanidine groups is 1. The van der Waals surface area contributed by atoms with Crippen LogP contribution in [0.25, 0.3) is 0 Å². The quantitative estimate of drug-likeness (QED) is 0.664. The van der Waals surface area contributed by atoms with Gasteiger partial charge in [-0.2, -0.15) is 0 Å². The summed E-state index contributed by atoms with van der Waals surface area (Å²) in [7, 11) is 0. The van der Waals surface area contributed by atoms with Crippen LogP contribution in [-0.2, 0) is 6.54 Å². The summed E-state index contributed by atoms with van der Waals surface area (Å²) in [6.07, 6.45) is 0. The predicted octanol–water partition coefficient (Wildman–Crippen LogP) is 5.12. The fraction of sp³-hybridized carbons (Fsp3) is 0.174. The summed E-state index contributed by atoms with van der Waals surface area (Å²) in [5.74, 6) is 1.09. The van der Waals surface area contributed by atoms with Gasteiger partial charge in [0.1, 0.15) is 0 Å². The van der Waals surface area contributed by atoms with Crippen LogP contribution in [0.3, 0.4) is 0 Å². The zero-order valence-corrected chi connectivity index (χ0v) is 16.2. The third kappa shape index (κ3) is 4.32. The first kappa shape index (κ1) is 19.0. The molecule has 0 aliphatic carbocycles. The first-order valence-electron chi connectivity index (χ1n) is 9.05. The van der Waals surface area contributed by atoms with Gasteiger partial charge in [0.25, 0.3) is 0 Å². The Labute approximate surface area is 167 Å². The Hall–Kier alpha value is -2.78. The fourth-order valence-electron chi connectivity index (χ4n) is 3.42. The summed E-state index contributed by atoms with van der Waals surface area (Å²) < 4.78 is 0. The highest BCUT2D eigenvalue weighted by Crippen LogP contribution is 2.32. The predicted molar refractivity (Wildman–Crippen MR) is 116 cm³/mol. The first-order valence-corrected chi connectivity index (χ1v) is 9.05. The summed E-state index contributed by atoms with van der Waals surface area (Å²) >= 11 is 0. The molecule has 0 saturated heterocycles. The molecule has 3 nitrogen and oxygen atoms in total. The number of nitrogens with one attached hydrogen (secondary N) is 2. The minimum atomic E-state index is 0. The number of anilines is 1. The number of aliphatic imine (C=N–C) groups is 1. The second-order valence-electron chi connectivity index (χ2n) is 6.64. The molecule has 0 saturated carbocycles. The highest BCUT2D eigenvalue weighted by Gasteiger charge is 2.20. The van der Waals surface area contributed by atoms with Crippen molar-refractivity contribution >= 4 is 24.1 Å². The molecule has 0 fully saturated rings. The highest BCUT2D eigenvalue weighted by atomic mass is 35.5. The summed E-state index contributed by atoms with van der Waals surface area (Å²) in [4.78, 5) is 4.83. The van der Waals surface area contributed by atoms with Crippen molar-refractivity contribution in [3.8, 4) is 0 Å². The monoisotopic (exact) mass is 377 g/mol. The van der Waals surface area contributed by atoms with Crippen molar-refractivity contribution in [1.82, 2.24) is 5.32 Å². The van der Waals surface area contributed by atoms with E-state index in [4.69, 9.17) is 4.99 Å². The second-order valence-corrected chi connectivity index (χ2v) is 6.64. The van der Waals surface area contributed by atoms with Gasteiger partial charge < -0.3 is 10.6 Å².